The van der Waals surface area contributed by atoms with Crippen molar-refractivity contribution in [1.82, 2.24) is 0 Å². The average molecular weight is 220 g/mol. The quantitative estimate of drug-likeness (QED) is 0.532. The number of ketones is 1. The SMILES string of the molecule is Cc1ccccc1C(=O)C#Cc1ccccc1. The van der Waals surface area contributed by atoms with Crippen molar-refractivity contribution < 1.29 is 4.79 Å². The monoisotopic (exact) mass is 220 g/mol. The van der Waals surface area contributed by atoms with Crippen molar-refractivity contribution >= 4 is 5.78 Å². The highest BCUT2D eigenvalue weighted by atomic mass is 16.1. The Labute approximate surface area is 101 Å². The molecule has 0 aromatic heterocycles. The molecule has 0 unspecified atom stereocenters. The Balaban J connectivity index is 2.24. The van der Waals surface area contributed by atoms with E-state index in [1.807, 2.05) is 55.5 Å². The highest BCUT2D eigenvalue weighted by molar-refractivity contribution is 6.10. The zero-order chi connectivity index (χ0) is 12.1. The van der Waals surface area contributed by atoms with Gasteiger partial charge in [-0.3, -0.25) is 4.79 Å². The predicted octanol–water partition coefficient (Wildman–Crippen LogP) is 3.23. The fourth-order valence-corrected chi connectivity index (χ4v) is 1.55. The third kappa shape index (κ3) is 2.83. The van der Waals surface area contributed by atoms with Gasteiger partial charge in [-0.1, -0.05) is 48.4 Å². The summed E-state index contributed by atoms with van der Waals surface area (Å²) in [6, 6.07) is 17.0. The van der Waals surface area contributed by atoms with Crippen LogP contribution < -0.4 is 0 Å². The Morgan fingerprint density at radius 1 is 0.941 bits per heavy atom. The fraction of sp³-hybridized carbons (Fsp3) is 0.0625. The predicted molar refractivity (Wildman–Crippen MR) is 68.8 cm³/mol. The fourth-order valence-electron chi connectivity index (χ4n) is 1.55. The molecule has 0 N–H and O–H groups in total. The topological polar surface area (TPSA) is 17.1 Å². The van der Waals surface area contributed by atoms with Gasteiger partial charge in [-0.05, 0) is 30.5 Å². The largest absolute Gasteiger partial charge is 0.279 e. The second kappa shape index (κ2) is 5.14. The third-order valence-corrected chi connectivity index (χ3v) is 2.48. The normalized spacial score (nSPS) is 9.24. The summed E-state index contributed by atoms with van der Waals surface area (Å²) in [4.78, 5) is 11.9. The van der Waals surface area contributed by atoms with Crippen molar-refractivity contribution in [2.24, 2.45) is 0 Å². The minimum atomic E-state index is -0.132. The molecule has 0 saturated heterocycles. The van der Waals surface area contributed by atoms with Gasteiger partial charge < -0.3 is 0 Å². The molecule has 2 aromatic rings. The minimum absolute atomic E-state index is 0.132. The van der Waals surface area contributed by atoms with Gasteiger partial charge in [0.1, 0.15) is 0 Å². The Kier molecular flexibility index (Phi) is 3.37. The van der Waals surface area contributed by atoms with Crippen LogP contribution in [-0.2, 0) is 0 Å². The first-order valence-corrected chi connectivity index (χ1v) is 5.44. The molecule has 0 radical (unpaired) electrons. The lowest BCUT2D eigenvalue weighted by Crippen LogP contribution is -1.97. The summed E-state index contributed by atoms with van der Waals surface area (Å²) in [5, 5.41) is 0. The van der Waals surface area contributed by atoms with E-state index in [0.717, 1.165) is 11.1 Å². The second-order valence-corrected chi connectivity index (χ2v) is 3.76. The molecule has 0 atom stereocenters. The minimum Gasteiger partial charge on any atom is -0.279 e. The number of aryl methyl sites for hydroxylation is 1. The molecule has 0 spiro atoms. The van der Waals surface area contributed by atoms with Crippen LogP contribution in [0.25, 0.3) is 0 Å². The van der Waals surface area contributed by atoms with Crippen molar-refractivity contribution in [2.75, 3.05) is 0 Å². The van der Waals surface area contributed by atoms with Crippen LogP contribution in [0.15, 0.2) is 54.6 Å². The van der Waals surface area contributed by atoms with Gasteiger partial charge in [-0.2, -0.15) is 0 Å². The van der Waals surface area contributed by atoms with Crippen molar-refractivity contribution in [3.05, 3.63) is 71.3 Å². The molecule has 0 saturated carbocycles. The van der Waals surface area contributed by atoms with Gasteiger partial charge in [-0.25, -0.2) is 0 Å². The van der Waals surface area contributed by atoms with Crippen LogP contribution in [0.4, 0.5) is 0 Å². The van der Waals surface area contributed by atoms with E-state index in [9.17, 15) is 4.79 Å². The summed E-state index contributed by atoms with van der Waals surface area (Å²) >= 11 is 0. The van der Waals surface area contributed by atoms with Crippen LogP contribution in [0.3, 0.4) is 0 Å². The van der Waals surface area contributed by atoms with Gasteiger partial charge in [-0.15, -0.1) is 0 Å². The van der Waals surface area contributed by atoms with Crippen LogP contribution in [0.5, 0.6) is 0 Å². The van der Waals surface area contributed by atoms with Gasteiger partial charge in [0.25, 0.3) is 0 Å². The summed E-state index contributed by atoms with van der Waals surface area (Å²) in [5.74, 6) is 5.41. The molecular formula is C16H12O. The maximum absolute atomic E-state index is 11.9. The number of hydrogen-bond donors (Lipinski definition) is 0. The van der Waals surface area contributed by atoms with E-state index in [-0.39, 0.29) is 5.78 Å². The van der Waals surface area contributed by atoms with Gasteiger partial charge in [0.15, 0.2) is 0 Å². The summed E-state index contributed by atoms with van der Waals surface area (Å²) in [6.45, 7) is 1.91. The number of rotatable bonds is 1. The van der Waals surface area contributed by atoms with E-state index in [1.165, 1.54) is 0 Å². The molecule has 82 valence electrons. The van der Waals surface area contributed by atoms with Crippen molar-refractivity contribution in [2.45, 2.75) is 6.92 Å². The molecule has 0 fully saturated rings. The first kappa shape index (κ1) is 11.2. The zero-order valence-corrected chi connectivity index (χ0v) is 9.60. The van der Waals surface area contributed by atoms with Gasteiger partial charge in [0.05, 0.1) is 0 Å². The van der Waals surface area contributed by atoms with Crippen LogP contribution in [0.2, 0.25) is 0 Å². The Morgan fingerprint density at radius 3 is 2.29 bits per heavy atom. The molecule has 0 aliphatic rings. The molecule has 0 aliphatic carbocycles. The number of benzene rings is 2. The lowest BCUT2D eigenvalue weighted by atomic mass is 10.1. The Hall–Kier alpha value is -2.33. The highest BCUT2D eigenvalue weighted by Gasteiger charge is 2.03. The molecule has 1 nitrogen and oxygen atoms in total. The lowest BCUT2D eigenvalue weighted by molar-refractivity contribution is 0.105. The van der Waals surface area contributed by atoms with Crippen LogP contribution in [0, 0.1) is 18.8 Å². The van der Waals surface area contributed by atoms with Crippen molar-refractivity contribution in [3.8, 4) is 11.8 Å². The highest BCUT2D eigenvalue weighted by Crippen LogP contribution is 2.07. The van der Waals surface area contributed by atoms with E-state index >= 15 is 0 Å². The molecule has 1 heteroatoms. The summed E-state index contributed by atoms with van der Waals surface area (Å²) in [5.41, 5.74) is 2.49. The standard InChI is InChI=1S/C16H12O/c1-13-7-5-6-10-15(13)16(17)12-11-14-8-3-2-4-9-14/h2-10H,1H3. The Bertz CT molecular complexity index is 586. The molecule has 0 amide bonds. The maximum Gasteiger partial charge on any atom is 0.236 e. The number of carbonyl (C=O) groups is 1. The van der Waals surface area contributed by atoms with Crippen LogP contribution >= 0.6 is 0 Å². The molecule has 17 heavy (non-hydrogen) atoms. The van der Waals surface area contributed by atoms with E-state index in [4.69, 9.17) is 0 Å². The summed E-state index contributed by atoms with van der Waals surface area (Å²) in [7, 11) is 0. The molecule has 0 bridgehead atoms. The number of hydrogen-bond acceptors (Lipinski definition) is 1. The average Bonchev–Trinajstić information content (AvgIpc) is 2.38. The number of Topliss-reactive ketones (excluding diaryl/α,β-unsaturated/α-hetero) is 1. The van der Waals surface area contributed by atoms with Gasteiger partial charge >= 0.3 is 0 Å². The van der Waals surface area contributed by atoms with Crippen molar-refractivity contribution in [1.29, 1.82) is 0 Å². The summed E-state index contributed by atoms with van der Waals surface area (Å²) in [6.07, 6.45) is 0. The lowest BCUT2D eigenvalue weighted by Gasteiger charge is -1.97. The zero-order valence-electron chi connectivity index (χ0n) is 9.60. The molecule has 2 aromatic carbocycles. The first-order valence-electron chi connectivity index (χ1n) is 5.44. The van der Waals surface area contributed by atoms with Gasteiger partial charge in [0.2, 0.25) is 5.78 Å². The third-order valence-electron chi connectivity index (χ3n) is 2.48. The summed E-state index contributed by atoms with van der Waals surface area (Å²) < 4.78 is 0. The molecule has 0 aliphatic heterocycles. The van der Waals surface area contributed by atoms with Crippen LogP contribution in [-0.4, -0.2) is 5.78 Å². The molecule has 0 heterocycles. The Morgan fingerprint density at radius 2 is 1.59 bits per heavy atom. The van der Waals surface area contributed by atoms with Crippen LogP contribution in [0.1, 0.15) is 21.5 Å². The smallest absolute Gasteiger partial charge is 0.236 e. The molecule has 2 rings (SSSR count). The van der Waals surface area contributed by atoms with E-state index in [2.05, 4.69) is 11.8 Å². The van der Waals surface area contributed by atoms with Crippen molar-refractivity contribution in [3.63, 3.8) is 0 Å². The van der Waals surface area contributed by atoms with E-state index in [1.54, 1.807) is 6.07 Å². The second-order valence-electron chi connectivity index (χ2n) is 3.76. The number of carbonyl (C=O) groups excluding carboxylic acids is 1. The van der Waals surface area contributed by atoms with E-state index < -0.39 is 0 Å². The van der Waals surface area contributed by atoms with Gasteiger partial charge in [0, 0.05) is 11.1 Å². The first-order chi connectivity index (χ1) is 8.27. The van der Waals surface area contributed by atoms with E-state index in [0.29, 0.717) is 5.56 Å². The maximum atomic E-state index is 11.9. The molecular weight excluding hydrogens is 208 g/mol.